The zero-order valence-corrected chi connectivity index (χ0v) is 10.4. The summed E-state index contributed by atoms with van der Waals surface area (Å²) in [6, 6.07) is 5.26. The van der Waals surface area contributed by atoms with Gasteiger partial charge in [-0.1, -0.05) is 0 Å². The molecule has 1 saturated heterocycles. The summed E-state index contributed by atoms with van der Waals surface area (Å²) in [7, 11) is 3.11. The van der Waals surface area contributed by atoms with Gasteiger partial charge in [0.25, 0.3) is 0 Å². The summed E-state index contributed by atoms with van der Waals surface area (Å²) in [4.78, 5) is 13.2. The second-order valence-corrected chi connectivity index (χ2v) is 3.89. The van der Waals surface area contributed by atoms with Crippen molar-refractivity contribution >= 4 is 11.8 Å². The fourth-order valence-electron chi connectivity index (χ4n) is 1.85. The van der Waals surface area contributed by atoms with Gasteiger partial charge in [0, 0.05) is 12.6 Å². The number of hydrogen-bond acceptors (Lipinski definition) is 5. The molecule has 6 heteroatoms. The Balaban J connectivity index is 2.26. The van der Waals surface area contributed by atoms with Crippen LogP contribution in [0, 0.1) is 0 Å². The lowest BCUT2D eigenvalue weighted by Crippen LogP contribution is -2.27. The van der Waals surface area contributed by atoms with Crippen LogP contribution in [0.4, 0.5) is 10.5 Å². The molecule has 1 aliphatic heterocycles. The Morgan fingerprint density at radius 3 is 2.67 bits per heavy atom. The molecule has 2 rings (SSSR count). The van der Waals surface area contributed by atoms with E-state index in [0.29, 0.717) is 30.3 Å². The van der Waals surface area contributed by atoms with Crippen molar-refractivity contribution in [2.45, 2.75) is 6.10 Å². The molecular weight excluding hydrogens is 236 g/mol. The van der Waals surface area contributed by atoms with Crippen LogP contribution in [-0.2, 0) is 4.74 Å². The molecule has 0 saturated carbocycles. The van der Waals surface area contributed by atoms with E-state index in [-0.39, 0.29) is 6.10 Å². The van der Waals surface area contributed by atoms with E-state index in [0.717, 1.165) is 0 Å². The van der Waals surface area contributed by atoms with Gasteiger partial charge in [-0.15, -0.1) is 0 Å². The number of ether oxygens (including phenoxy) is 3. The average molecular weight is 252 g/mol. The minimum Gasteiger partial charge on any atom is -0.493 e. The molecule has 1 aromatic rings. The lowest BCUT2D eigenvalue weighted by Gasteiger charge is -2.15. The van der Waals surface area contributed by atoms with Crippen molar-refractivity contribution in [1.29, 1.82) is 0 Å². The van der Waals surface area contributed by atoms with Gasteiger partial charge in [-0.3, -0.25) is 4.90 Å². The van der Waals surface area contributed by atoms with Gasteiger partial charge >= 0.3 is 6.09 Å². The largest absolute Gasteiger partial charge is 0.493 e. The van der Waals surface area contributed by atoms with Crippen molar-refractivity contribution in [2.24, 2.45) is 5.73 Å². The van der Waals surface area contributed by atoms with Crippen LogP contribution in [0.25, 0.3) is 0 Å². The normalized spacial score (nSPS) is 18.7. The van der Waals surface area contributed by atoms with Crippen LogP contribution in [0.1, 0.15) is 0 Å². The first kappa shape index (κ1) is 12.5. The molecule has 1 aromatic carbocycles. The Morgan fingerprint density at radius 2 is 2.11 bits per heavy atom. The van der Waals surface area contributed by atoms with Gasteiger partial charge in [0.2, 0.25) is 0 Å². The fourth-order valence-corrected chi connectivity index (χ4v) is 1.85. The zero-order valence-electron chi connectivity index (χ0n) is 10.4. The maximum atomic E-state index is 11.7. The first-order valence-corrected chi connectivity index (χ1v) is 5.59. The van der Waals surface area contributed by atoms with Gasteiger partial charge in [0.05, 0.1) is 26.5 Å². The van der Waals surface area contributed by atoms with Crippen LogP contribution in [0.5, 0.6) is 11.5 Å². The number of amides is 1. The Kier molecular flexibility index (Phi) is 3.57. The lowest BCUT2D eigenvalue weighted by molar-refractivity contribution is 0.145. The molecule has 0 radical (unpaired) electrons. The third-order valence-corrected chi connectivity index (χ3v) is 2.82. The Hall–Kier alpha value is -1.95. The number of anilines is 1. The number of hydrogen-bond donors (Lipinski definition) is 1. The molecule has 1 amide bonds. The standard InChI is InChI=1S/C12H16N2O4/c1-16-10-4-3-8(5-11(10)17-2)14-7-9(6-13)18-12(14)15/h3-5,9H,6-7,13H2,1-2H3. The van der Waals surface area contributed by atoms with Crippen molar-refractivity contribution in [3.8, 4) is 11.5 Å². The summed E-state index contributed by atoms with van der Waals surface area (Å²) in [5, 5.41) is 0. The van der Waals surface area contributed by atoms with Crippen molar-refractivity contribution in [3.05, 3.63) is 18.2 Å². The minimum absolute atomic E-state index is 0.259. The number of nitrogens with zero attached hydrogens (tertiary/aromatic N) is 1. The Bertz CT molecular complexity index is 450. The van der Waals surface area contributed by atoms with E-state index in [9.17, 15) is 4.79 Å². The maximum absolute atomic E-state index is 11.7. The van der Waals surface area contributed by atoms with E-state index < -0.39 is 6.09 Å². The van der Waals surface area contributed by atoms with E-state index in [1.165, 1.54) is 4.90 Å². The van der Waals surface area contributed by atoms with E-state index in [1.807, 2.05) is 0 Å². The Morgan fingerprint density at radius 1 is 1.39 bits per heavy atom. The topological polar surface area (TPSA) is 74.0 Å². The highest BCUT2D eigenvalue weighted by molar-refractivity contribution is 5.90. The summed E-state index contributed by atoms with van der Waals surface area (Å²) in [5.74, 6) is 1.18. The van der Waals surface area contributed by atoms with Gasteiger partial charge in [-0.2, -0.15) is 0 Å². The summed E-state index contributed by atoms with van der Waals surface area (Å²) in [5.41, 5.74) is 6.19. The van der Waals surface area contributed by atoms with Crippen LogP contribution >= 0.6 is 0 Å². The van der Waals surface area contributed by atoms with Crippen molar-refractivity contribution in [1.82, 2.24) is 0 Å². The molecule has 2 N–H and O–H groups in total. The molecule has 0 spiro atoms. The number of methoxy groups -OCH3 is 2. The minimum atomic E-state index is -0.391. The second-order valence-electron chi connectivity index (χ2n) is 3.89. The molecule has 0 bridgehead atoms. The van der Waals surface area contributed by atoms with Crippen molar-refractivity contribution in [2.75, 3.05) is 32.2 Å². The smallest absolute Gasteiger partial charge is 0.414 e. The highest BCUT2D eigenvalue weighted by Gasteiger charge is 2.31. The molecule has 1 unspecified atom stereocenters. The Labute approximate surface area is 105 Å². The van der Waals surface area contributed by atoms with E-state index in [2.05, 4.69) is 0 Å². The molecule has 1 heterocycles. The predicted molar refractivity (Wildman–Crippen MR) is 66.2 cm³/mol. The molecule has 1 fully saturated rings. The van der Waals surface area contributed by atoms with Crippen LogP contribution in [-0.4, -0.2) is 39.5 Å². The number of rotatable bonds is 4. The predicted octanol–water partition coefficient (Wildman–Crippen LogP) is 0.988. The first-order valence-electron chi connectivity index (χ1n) is 5.59. The number of cyclic esters (lactones) is 1. The summed E-state index contributed by atoms with van der Waals surface area (Å²) in [6.07, 6.45) is -0.650. The summed E-state index contributed by atoms with van der Waals surface area (Å²) < 4.78 is 15.4. The molecule has 0 aliphatic carbocycles. The molecule has 1 aliphatic rings. The number of carbonyl (C=O) groups is 1. The quantitative estimate of drug-likeness (QED) is 0.865. The van der Waals surface area contributed by atoms with Crippen molar-refractivity contribution < 1.29 is 19.0 Å². The van der Waals surface area contributed by atoms with Crippen LogP contribution in [0.2, 0.25) is 0 Å². The summed E-state index contributed by atoms with van der Waals surface area (Å²) in [6.45, 7) is 0.764. The molecule has 0 aromatic heterocycles. The van der Waals surface area contributed by atoms with Gasteiger partial charge < -0.3 is 19.9 Å². The highest BCUT2D eigenvalue weighted by atomic mass is 16.6. The first-order chi connectivity index (χ1) is 8.69. The molecule has 1 atom stereocenters. The zero-order chi connectivity index (χ0) is 13.1. The third-order valence-electron chi connectivity index (χ3n) is 2.82. The van der Waals surface area contributed by atoms with E-state index in [1.54, 1.807) is 32.4 Å². The van der Waals surface area contributed by atoms with Gasteiger partial charge in [0.15, 0.2) is 11.5 Å². The second kappa shape index (κ2) is 5.14. The maximum Gasteiger partial charge on any atom is 0.414 e. The summed E-state index contributed by atoms with van der Waals surface area (Å²) >= 11 is 0. The molecular formula is C12H16N2O4. The van der Waals surface area contributed by atoms with E-state index in [4.69, 9.17) is 19.9 Å². The van der Waals surface area contributed by atoms with E-state index >= 15 is 0 Å². The van der Waals surface area contributed by atoms with Crippen LogP contribution in [0.15, 0.2) is 18.2 Å². The highest BCUT2D eigenvalue weighted by Crippen LogP contribution is 2.32. The number of benzene rings is 1. The SMILES string of the molecule is COc1ccc(N2CC(CN)OC2=O)cc1OC. The monoisotopic (exact) mass is 252 g/mol. The van der Waals surface area contributed by atoms with Gasteiger partial charge in [-0.05, 0) is 12.1 Å². The average Bonchev–Trinajstić information content (AvgIpc) is 2.79. The number of nitrogens with two attached hydrogens (primary N) is 1. The molecule has 18 heavy (non-hydrogen) atoms. The molecule has 98 valence electrons. The molecule has 6 nitrogen and oxygen atoms in total. The van der Waals surface area contributed by atoms with Gasteiger partial charge in [0.1, 0.15) is 6.10 Å². The fraction of sp³-hybridized carbons (Fsp3) is 0.417. The van der Waals surface area contributed by atoms with Crippen molar-refractivity contribution in [3.63, 3.8) is 0 Å². The third kappa shape index (κ3) is 2.19. The van der Waals surface area contributed by atoms with Crippen LogP contribution < -0.4 is 20.1 Å². The number of carbonyl (C=O) groups excluding carboxylic acids is 1. The van der Waals surface area contributed by atoms with Gasteiger partial charge in [-0.25, -0.2) is 4.79 Å². The van der Waals surface area contributed by atoms with Crippen LogP contribution in [0.3, 0.4) is 0 Å². The lowest BCUT2D eigenvalue weighted by atomic mass is 10.2.